The van der Waals surface area contributed by atoms with Crippen molar-refractivity contribution < 1.29 is 29.1 Å². The summed E-state index contributed by atoms with van der Waals surface area (Å²) in [5.74, 6) is -3.24. The molecule has 0 aromatic rings. The van der Waals surface area contributed by atoms with E-state index in [-0.39, 0.29) is 29.1 Å². The Hall–Kier alpha value is -2.57. The molecule has 12 nitrogen and oxygen atoms in total. The maximum absolute atomic E-state index is 14.1. The second-order valence-corrected chi connectivity index (χ2v) is 14.9. The summed E-state index contributed by atoms with van der Waals surface area (Å²) in [5.41, 5.74) is 9.38. The lowest BCUT2D eigenvalue weighted by Crippen LogP contribution is -2.64. The molecule has 8 N–H and O–H groups in total. The summed E-state index contributed by atoms with van der Waals surface area (Å²) < 4.78 is 0. The van der Waals surface area contributed by atoms with Gasteiger partial charge in [-0.1, -0.05) is 74.7 Å². The number of hydrogen-bond acceptors (Lipinski definition) is 8. The molecule has 0 bridgehead atoms. The fraction of sp³-hybridized carbons (Fsp3) is 0.828. The zero-order chi connectivity index (χ0) is 31.2. The largest absolute Gasteiger partial charge is 0.368 e. The minimum absolute atomic E-state index is 0.0860. The first kappa shape index (κ1) is 32.9. The number of ketones is 1. The van der Waals surface area contributed by atoms with Gasteiger partial charge in [0.15, 0.2) is 6.35 Å². The lowest BCUT2D eigenvalue weighted by atomic mass is 9.80. The van der Waals surface area contributed by atoms with Gasteiger partial charge in [0.2, 0.25) is 23.5 Å². The Balaban J connectivity index is 1.83. The molecule has 1 saturated heterocycles. The first-order chi connectivity index (χ1) is 18.7. The molecule has 4 amide bonds. The number of amides is 4. The molecule has 0 radical (unpaired) electrons. The number of Topliss-reactive ketones (excluding diaryl/α,β-unsaturated/α-hetero) is 1. The van der Waals surface area contributed by atoms with Crippen molar-refractivity contribution in [1.29, 1.82) is 0 Å². The third kappa shape index (κ3) is 7.09. The molecule has 1 aliphatic heterocycles. The zero-order valence-electron chi connectivity index (χ0n) is 25.7. The number of carbonyl (C=O) groups is 5. The molecule has 12 heteroatoms. The van der Waals surface area contributed by atoms with Crippen LogP contribution in [0.3, 0.4) is 0 Å². The topological polar surface area (TPSA) is 197 Å². The lowest BCUT2D eigenvalue weighted by molar-refractivity contribution is -0.146. The number of nitrogens with zero attached hydrogens (tertiary/aromatic N) is 1. The van der Waals surface area contributed by atoms with Gasteiger partial charge in [-0.3, -0.25) is 34.6 Å². The van der Waals surface area contributed by atoms with Crippen LogP contribution in [-0.4, -0.2) is 76.5 Å². The van der Waals surface area contributed by atoms with E-state index < -0.39 is 64.9 Å². The number of nitrogens with two attached hydrogens (primary N) is 2. The lowest BCUT2D eigenvalue weighted by Gasteiger charge is -2.40. The average Bonchev–Trinajstić information content (AvgIpc) is 3.13. The SMILES string of the molecule is CC(C)(C)[C@H](NC(O)N[C@H](C(=O)N1C[C@H]2[C@@H]([C@H]1C(=O)NC(CC1CCC1)C(=O)C(N)=O)C2(C)C)C(C)(C)C)C(N)=O. The summed E-state index contributed by atoms with van der Waals surface area (Å²) >= 11 is 0. The summed E-state index contributed by atoms with van der Waals surface area (Å²) in [5, 5.41) is 19.3. The number of likely N-dealkylation sites (tertiary alicyclic amines) is 1. The van der Waals surface area contributed by atoms with E-state index in [9.17, 15) is 29.1 Å². The van der Waals surface area contributed by atoms with Gasteiger partial charge in [0.25, 0.3) is 5.91 Å². The molecule has 2 unspecified atom stereocenters. The van der Waals surface area contributed by atoms with Crippen molar-refractivity contribution in [2.45, 2.75) is 112 Å². The molecule has 3 rings (SSSR count). The number of nitrogens with one attached hydrogen (secondary N) is 3. The molecule has 3 aliphatic rings. The number of aliphatic hydroxyl groups excluding tert-OH is 1. The molecular formula is C29H50N6O6. The van der Waals surface area contributed by atoms with Gasteiger partial charge in [-0.2, -0.15) is 0 Å². The zero-order valence-corrected chi connectivity index (χ0v) is 25.7. The first-order valence-electron chi connectivity index (χ1n) is 14.6. The second-order valence-electron chi connectivity index (χ2n) is 14.9. The van der Waals surface area contributed by atoms with Crippen LogP contribution in [0.25, 0.3) is 0 Å². The normalized spacial score (nSPS) is 26.7. The van der Waals surface area contributed by atoms with Gasteiger partial charge in [0, 0.05) is 6.54 Å². The van der Waals surface area contributed by atoms with Crippen molar-refractivity contribution in [2.75, 3.05) is 6.54 Å². The van der Waals surface area contributed by atoms with E-state index in [2.05, 4.69) is 29.8 Å². The highest BCUT2D eigenvalue weighted by Gasteiger charge is 2.70. The minimum Gasteiger partial charge on any atom is -0.368 e. The Bertz CT molecular complexity index is 1060. The van der Waals surface area contributed by atoms with E-state index >= 15 is 0 Å². The van der Waals surface area contributed by atoms with Gasteiger partial charge in [0.1, 0.15) is 6.04 Å². The van der Waals surface area contributed by atoms with Crippen LogP contribution >= 0.6 is 0 Å². The predicted octanol–water partition coefficient (Wildman–Crippen LogP) is -0.0314. The summed E-state index contributed by atoms with van der Waals surface area (Å²) in [4.78, 5) is 65.8. The van der Waals surface area contributed by atoms with E-state index in [4.69, 9.17) is 11.5 Å². The van der Waals surface area contributed by atoms with Crippen molar-refractivity contribution in [1.82, 2.24) is 20.9 Å². The van der Waals surface area contributed by atoms with E-state index in [1.54, 1.807) is 20.8 Å². The molecule has 3 fully saturated rings. The van der Waals surface area contributed by atoms with E-state index in [1.807, 2.05) is 20.8 Å². The molecular weight excluding hydrogens is 528 g/mol. The first-order valence-corrected chi connectivity index (χ1v) is 14.6. The van der Waals surface area contributed by atoms with Gasteiger partial charge < -0.3 is 26.8 Å². The highest BCUT2D eigenvalue weighted by atomic mass is 16.3. The number of hydrogen-bond donors (Lipinski definition) is 6. The molecule has 0 aromatic heterocycles. The van der Waals surface area contributed by atoms with Crippen LogP contribution in [0, 0.1) is 34.0 Å². The summed E-state index contributed by atoms with van der Waals surface area (Å²) in [6.45, 7) is 15.4. The Morgan fingerprint density at radius 1 is 0.951 bits per heavy atom. The van der Waals surface area contributed by atoms with Crippen molar-refractivity contribution in [3.63, 3.8) is 0 Å². The fourth-order valence-electron chi connectivity index (χ4n) is 6.52. The van der Waals surface area contributed by atoms with Crippen molar-refractivity contribution >= 4 is 29.4 Å². The standard InChI is InChI=1S/C29H50N6O6/c1-27(2,3)20(23(31)38)33-26(41)34-21(28(4,5)6)25(40)35-13-15-17(29(15,7)8)18(35)24(39)32-16(19(36)22(30)37)12-14-10-9-11-14/h14-18,20-21,26,33-34,41H,9-13H2,1-8H3,(H2,30,37)(H2,31,38)(H,32,39)/t15-,16?,17-,18-,20+,21+,26?/m0/s1. The summed E-state index contributed by atoms with van der Waals surface area (Å²) in [6, 6.07) is -3.70. The quantitative estimate of drug-likeness (QED) is 0.137. The molecule has 1 heterocycles. The summed E-state index contributed by atoms with van der Waals surface area (Å²) in [7, 11) is 0. The maximum Gasteiger partial charge on any atom is 0.287 e. The molecule has 0 aromatic carbocycles. The Labute approximate surface area is 243 Å². The van der Waals surface area contributed by atoms with Gasteiger partial charge in [-0.25, -0.2) is 0 Å². The molecule has 0 spiro atoms. The van der Waals surface area contributed by atoms with Crippen molar-refractivity contribution in [3.05, 3.63) is 0 Å². The molecule has 2 aliphatic carbocycles. The van der Waals surface area contributed by atoms with Crippen LogP contribution in [0.15, 0.2) is 0 Å². The van der Waals surface area contributed by atoms with Crippen LogP contribution in [-0.2, 0) is 24.0 Å². The van der Waals surface area contributed by atoms with Crippen molar-refractivity contribution in [2.24, 2.45) is 45.5 Å². The monoisotopic (exact) mass is 578 g/mol. The van der Waals surface area contributed by atoms with Gasteiger partial charge in [-0.05, 0) is 40.4 Å². The Kier molecular flexibility index (Phi) is 9.32. The van der Waals surface area contributed by atoms with Crippen LogP contribution in [0.4, 0.5) is 0 Å². The van der Waals surface area contributed by atoms with Gasteiger partial charge in [0.05, 0.1) is 18.1 Å². The smallest absolute Gasteiger partial charge is 0.287 e. The predicted molar refractivity (Wildman–Crippen MR) is 152 cm³/mol. The van der Waals surface area contributed by atoms with Crippen molar-refractivity contribution in [3.8, 4) is 0 Å². The van der Waals surface area contributed by atoms with Crippen LogP contribution in [0.1, 0.15) is 81.1 Å². The van der Waals surface area contributed by atoms with Gasteiger partial charge >= 0.3 is 0 Å². The highest BCUT2D eigenvalue weighted by molar-refractivity contribution is 6.37. The molecule has 232 valence electrons. The number of carbonyl (C=O) groups excluding carboxylic acids is 5. The van der Waals surface area contributed by atoms with Gasteiger partial charge in [-0.15, -0.1) is 0 Å². The van der Waals surface area contributed by atoms with E-state index in [1.165, 1.54) is 4.90 Å². The number of rotatable bonds is 12. The highest BCUT2D eigenvalue weighted by Crippen LogP contribution is 2.65. The maximum atomic E-state index is 14.1. The van der Waals surface area contributed by atoms with E-state index in [0.717, 1.165) is 19.3 Å². The number of fused-ring (bicyclic) bond motifs is 1. The number of primary amides is 2. The minimum atomic E-state index is -1.44. The molecule has 7 atom stereocenters. The number of piperidine rings is 1. The number of aliphatic hydroxyl groups is 1. The third-order valence-corrected chi connectivity index (χ3v) is 9.34. The Morgan fingerprint density at radius 2 is 1.49 bits per heavy atom. The van der Waals surface area contributed by atoms with E-state index in [0.29, 0.717) is 13.0 Å². The van der Waals surface area contributed by atoms with Crippen LogP contribution in [0.2, 0.25) is 0 Å². The van der Waals surface area contributed by atoms with Crippen LogP contribution in [0.5, 0.6) is 0 Å². The molecule has 41 heavy (non-hydrogen) atoms. The summed E-state index contributed by atoms with van der Waals surface area (Å²) in [6.07, 6.45) is 1.78. The van der Waals surface area contributed by atoms with Crippen LogP contribution < -0.4 is 27.4 Å². The average molecular weight is 579 g/mol. The Morgan fingerprint density at radius 3 is 1.93 bits per heavy atom. The second kappa shape index (κ2) is 11.6. The third-order valence-electron chi connectivity index (χ3n) is 9.34. The fourth-order valence-corrected chi connectivity index (χ4v) is 6.52. The molecule has 2 saturated carbocycles.